The summed E-state index contributed by atoms with van der Waals surface area (Å²) in [6, 6.07) is 4.22. The minimum Gasteiger partial charge on any atom is -0.507 e. The number of carbonyl (C=O) groups is 2. The average molecular weight is 301 g/mol. The zero-order chi connectivity index (χ0) is 15.0. The van der Waals surface area contributed by atoms with Crippen LogP contribution in [-0.2, 0) is 9.53 Å². The van der Waals surface area contributed by atoms with Crippen molar-refractivity contribution < 1.29 is 19.4 Å². The first kappa shape index (κ1) is 16.3. The summed E-state index contributed by atoms with van der Waals surface area (Å²) in [4.78, 5) is 23.1. The number of halogens is 1. The number of hydrogen-bond donors (Lipinski definition) is 3. The van der Waals surface area contributed by atoms with E-state index in [9.17, 15) is 14.7 Å². The molecule has 1 aromatic carbocycles. The predicted molar refractivity (Wildman–Crippen MR) is 75.0 cm³/mol. The SMILES string of the molecule is COCCNC(=O)CCNC(=O)c1ccc(Cl)cc1O. The first-order valence-electron chi connectivity index (χ1n) is 6.07. The molecule has 0 atom stereocenters. The molecule has 0 saturated carbocycles. The fourth-order valence-corrected chi connectivity index (χ4v) is 1.63. The smallest absolute Gasteiger partial charge is 0.255 e. The van der Waals surface area contributed by atoms with E-state index in [-0.39, 0.29) is 30.2 Å². The highest BCUT2D eigenvalue weighted by atomic mass is 35.5. The topological polar surface area (TPSA) is 87.7 Å². The van der Waals surface area contributed by atoms with Crippen molar-refractivity contribution in [1.29, 1.82) is 0 Å². The Morgan fingerprint density at radius 2 is 2.05 bits per heavy atom. The summed E-state index contributed by atoms with van der Waals surface area (Å²) in [7, 11) is 1.55. The highest BCUT2D eigenvalue weighted by molar-refractivity contribution is 6.30. The van der Waals surface area contributed by atoms with Gasteiger partial charge < -0.3 is 20.5 Å². The number of benzene rings is 1. The number of hydrogen-bond acceptors (Lipinski definition) is 4. The summed E-state index contributed by atoms with van der Waals surface area (Å²) in [6.45, 7) is 1.05. The zero-order valence-electron chi connectivity index (χ0n) is 11.1. The lowest BCUT2D eigenvalue weighted by molar-refractivity contribution is -0.121. The summed E-state index contributed by atoms with van der Waals surface area (Å²) >= 11 is 5.67. The Morgan fingerprint density at radius 3 is 2.70 bits per heavy atom. The molecular formula is C13H17ClN2O4. The van der Waals surface area contributed by atoms with Crippen molar-refractivity contribution in [1.82, 2.24) is 10.6 Å². The van der Waals surface area contributed by atoms with E-state index in [2.05, 4.69) is 10.6 Å². The monoisotopic (exact) mass is 300 g/mol. The molecule has 3 N–H and O–H groups in total. The summed E-state index contributed by atoms with van der Waals surface area (Å²) < 4.78 is 4.79. The number of ether oxygens (including phenoxy) is 1. The van der Waals surface area contributed by atoms with Gasteiger partial charge in [0.25, 0.3) is 5.91 Å². The van der Waals surface area contributed by atoms with Crippen molar-refractivity contribution >= 4 is 23.4 Å². The molecule has 0 aliphatic heterocycles. The first-order valence-corrected chi connectivity index (χ1v) is 6.44. The molecule has 0 heterocycles. The minimum atomic E-state index is -0.455. The third kappa shape index (κ3) is 5.46. The van der Waals surface area contributed by atoms with E-state index in [0.29, 0.717) is 18.2 Å². The van der Waals surface area contributed by atoms with Crippen LogP contribution in [-0.4, -0.2) is 43.7 Å². The maximum absolute atomic E-state index is 11.8. The van der Waals surface area contributed by atoms with E-state index in [0.717, 1.165) is 0 Å². The van der Waals surface area contributed by atoms with Crippen molar-refractivity contribution in [2.75, 3.05) is 26.8 Å². The van der Waals surface area contributed by atoms with Crippen LogP contribution in [0.1, 0.15) is 16.8 Å². The molecular weight excluding hydrogens is 284 g/mol. The molecule has 0 aromatic heterocycles. The van der Waals surface area contributed by atoms with Crippen LogP contribution in [0.3, 0.4) is 0 Å². The molecule has 0 unspecified atom stereocenters. The highest BCUT2D eigenvalue weighted by Crippen LogP contribution is 2.21. The Hall–Kier alpha value is -1.79. The third-order valence-corrected chi connectivity index (χ3v) is 2.71. The van der Waals surface area contributed by atoms with Gasteiger partial charge in [-0.25, -0.2) is 0 Å². The van der Waals surface area contributed by atoms with Gasteiger partial charge in [0.15, 0.2) is 0 Å². The molecule has 6 nitrogen and oxygen atoms in total. The van der Waals surface area contributed by atoms with E-state index in [1.807, 2.05) is 0 Å². The van der Waals surface area contributed by atoms with Crippen LogP contribution in [0.25, 0.3) is 0 Å². The fraction of sp³-hybridized carbons (Fsp3) is 0.385. The van der Waals surface area contributed by atoms with Crippen molar-refractivity contribution in [2.24, 2.45) is 0 Å². The largest absolute Gasteiger partial charge is 0.507 e. The van der Waals surface area contributed by atoms with Crippen molar-refractivity contribution in [2.45, 2.75) is 6.42 Å². The molecule has 7 heteroatoms. The standard InChI is InChI=1S/C13H17ClN2O4/c1-20-7-6-15-12(18)4-5-16-13(19)10-3-2-9(14)8-11(10)17/h2-3,8,17H,4-7H2,1H3,(H,15,18)(H,16,19). The van der Waals surface area contributed by atoms with E-state index >= 15 is 0 Å². The number of aromatic hydroxyl groups is 1. The minimum absolute atomic E-state index is 0.120. The fourth-order valence-electron chi connectivity index (χ4n) is 1.46. The van der Waals surface area contributed by atoms with Gasteiger partial charge in [0.2, 0.25) is 5.91 Å². The number of nitrogens with one attached hydrogen (secondary N) is 2. The van der Waals surface area contributed by atoms with Crippen LogP contribution in [0, 0.1) is 0 Å². The van der Waals surface area contributed by atoms with Gasteiger partial charge in [0.1, 0.15) is 5.75 Å². The normalized spacial score (nSPS) is 10.1. The summed E-state index contributed by atoms with van der Waals surface area (Å²) in [5, 5.41) is 15.1. The average Bonchev–Trinajstić information content (AvgIpc) is 2.38. The second-order valence-corrected chi connectivity index (χ2v) is 4.45. The van der Waals surface area contributed by atoms with Crippen LogP contribution in [0.4, 0.5) is 0 Å². The molecule has 1 aromatic rings. The molecule has 0 spiro atoms. The van der Waals surface area contributed by atoms with E-state index in [4.69, 9.17) is 16.3 Å². The number of carbonyl (C=O) groups excluding carboxylic acids is 2. The van der Waals surface area contributed by atoms with Gasteiger partial charge in [0.05, 0.1) is 12.2 Å². The van der Waals surface area contributed by atoms with Crippen molar-refractivity contribution in [3.05, 3.63) is 28.8 Å². The lowest BCUT2D eigenvalue weighted by atomic mass is 10.2. The highest BCUT2D eigenvalue weighted by Gasteiger charge is 2.11. The number of rotatable bonds is 7. The Balaban J connectivity index is 2.34. The number of phenolic OH excluding ortho intramolecular Hbond substituents is 1. The number of amides is 2. The van der Waals surface area contributed by atoms with Gasteiger partial charge in [-0.2, -0.15) is 0 Å². The summed E-state index contributed by atoms with van der Waals surface area (Å²) in [5.41, 5.74) is 0.120. The molecule has 0 radical (unpaired) electrons. The lowest BCUT2D eigenvalue weighted by Crippen LogP contribution is -2.32. The van der Waals surface area contributed by atoms with Gasteiger partial charge in [-0.15, -0.1) is 0 Å². The molecule has 0 aliphatic rings. The van der Waals surface area contributed by atoms with E-state index in [1.165, 1.54) is 18.2 Å². The number of methoxy groups -OCH3 is 1. The predicted octanol–water partition coefficient (Wildman–Crippen LogP) is 0.928. The van der Waals surface area contributed by atoms with Crippen LogP contribution in [0.5, 0.6) is 5.75 Å². The molecule has 0 bridgehead atoms. The number of phenols is 1. The van der Waals surface area contributed by atoms with Crippen LogP contribution in [0.15, 0.2) is 18.2 Å². The van der Waals surface area contributed by atoms with Crippen molar-refractivity contribution in [3.8, 4) is 5.75 Å². The van der Waals surface area contributed by atoms with E-state index in [1.54, 1.807) is 7.11 Å². The zero-order valence-corrected chi connectivity index (χ0v) is 11.9. The third-order valence-electron chi connectivity index (χ3n) is 2.47. The summed E-state index contributed by atoms with van der Waals surface area (Å²) in [5.74, 6) is -0.828. The second kappa shape index (κ2) is 8.39. The summed E-state index contributed by atoms with van der Waals surface area (Å²) in [6.07, 6.45) is 0.157. The second-order valence-electron chi connectivity index (χ2n) is 4.01. The maximum Gasteiger partial charge on any atom is 0.255 e. The molecule has 1 rings (SSSR count). The van der Waals surface area contributed by atoms with E-state index < -0.39 is 5.91 Å². The first-order chi connectivity index (χ1) is 9.54. The van der Waals surface area contributed by atoms with Gasteiger partial charge in [-0.3, -0.25) is 9.59 Å². The molecule has 0 saturated heterocycles. The van der Waals surface area contributed by atoms with Gasteiger partial charge in [-0.05, 0) is 18.2 Å². The Bertz CT molecular complexity index is 479. The molecule has 110 valence electrons. The quantitative estimate of drug-likeness (QED) is 0.654. The van der Waals surface area contributed by atoms with Gasteiger partial charge >= 0.3 is 0 Å². The molecule has 20 heavy (non-hydrogen) atoms. The molecule has 0 aliphatic carbocycles. The Labute approximate surface area is 122 Å². The van der Waals surface area contributed by atoms with Gasteiger partial charge in [-0.1, -0.05) is 11.6 Å². The Morgan fingerprint density at radius 1 is 1.30 bits per heavy atom. The van der Waals surface area contributed by atoms with Crippen LogP contribution >= 0.6 is 11.6 Å². The maximum atomic E-state index is 11.8. The molecule has 0 fully saturated rings. The van der Waals surface area contributed by atoms with Gasteiger partial charge in [0, 0.05) is 31.6 Å². The lowest BCUT2D eigenvalue weighted by Gasteiger charge is -2.07. The van der Waals surface area contributed by atoms with Crippen LogP contribution in [0.2, 0.25) is 5.02 Å². The van der Waals surface area contributed by atoms with Crippen LogP contribution < -0.4 is 10.6 Å². The molecule has 2 amide bonds. The Kier molecular flexibility index (Phi) is 6.83. The van der Waals surface area contributed by atoms with Crippen molar-refractivity contribution in [3.63, 3.8) is 0 Å².